The van der Waals surface area contributed by atoms with Crippen molar-refractivity contribution < 1.29 is 9.37 Å². The predicted octanol–water partition coefficient (Wildman–Crippen LogP) is 4.01. The van der Waals surface area contributed by atoms with Gasteiger partial charge in [-0.05, 0) is 52.6 Å². The van der Waals surface area contributed by atoms with E-state index in [1.165, 1.54) is 0 Å². The lowest BCUT2D eigenvalue weighted by molar-refractivity contribution is 0.315. The van der Waals surface area contributed by atoms with Crippen LogP contribution in [0.5, 0.6) is 11.6 Å². The number of para-hydroxylation sites is 1. The second kappa shape index (κ2) is 7.33. The molecular weight excluding hydrogens is 328 g/mol. The number of nitrogens with one attached hydrogen (secondary N) is 1. The number of fused-ring (bicyclic) bond motifs is 1. The van der Waals surface area contributed by atoms with Crippen LogP contribution in [0.4, 0.5) is 0 Å². The molecule has 0 aliphatic rings. The molecule has 0 spiro atoms. The maximum atomic E-state index is 6.01. The Morgan fingerprint density at radius 3 is 2.77 bits per heavy atom. The molecule has 0 aliphatic heterocycles. The molecule has 0 radical (unpaired) electrons. The van der Waals surface area contributed by atoms with Gasteiger partial charge in [-0.25, -0.2) is 9.61 Å². The van der Waals surface area contributed by atoms with E-state index in [9.17, 15) is 0 Å². The third-order valence-electron chi connectivity index (χ3n) is 4.11. The quantitative estimate of drug-likeness (QED) is 0.569. The molecule has 4 aromatic rings. The van der Waals surface area contributed by atoms with Crippen molar-refractivity contribution in [2.24, 2.45) is 0 Å². The average molecular weight is 346 g/mol. The van der Waals surface area contributed by atoms with E-state index in [2.05, 4.69) is 20.6 Å². The van der Waals surface area contributed by atoms with Gasteiger partial charge in [0.25, 0.3) is 0 Å². The second-order valence-corrected chi connectivity index (χ2v) is 6.03. The number of aryl methyl sites for hydroxylation is 1. The molecule has 0 bridgehead atoms. The molecule has 0 saturated heterocycles. The zero-order valence-corrected chi connectivity index (χ0v) is 14.3. The van der Waals surface area contributed by atoms with E-state index in [0.29, 0.717) is 19.0 Å². The molecule has 26 heavy (non-hydrogen) atoms. The summed E-state index contributed by atoms with van der Waals surface area (Å²) in [6.07, 6.45) is 1.74. The van der Waals surface area contributed by atoms with Crippen LogP contribution in [-0.2, 0) is 13.1 Å². The third kappa shape index (κ3) is 3.55. The largest absolute Gasteiger partial charge is 0.438 e. The Morgan fingerprint density at radius 1 is 0.962 bits per heavy atom. The maximum absolute atomic E-state index is 6.01. The van der Waals surface area contributed by atoms with Crippen molar-refractivity contribution in [3.63, 3.8) is 0 Å². The molecule has 0 aliphatic carbocycles. The Balaban J connectivity index is 1.44. The summed E-state index contributed by atoms with van der Waals surface area (Å²) in [5.41, 5.74) is 4.70. The van der Waals surface area contributed by atoms with E-state index in [-0.39, 0.29) is 0 Å². The van der Waals surface area contributed by atoms with Crippen molar-refractivity contribution in [2.75, 3.05) is 0 Å². The summed E-state index contributed by atoms with van der Waals surface area (Å²) < 4.78 is 10.7. The van der Waals surface area contributed by atoms with E-state index >= 15 is 0 Å². The van der Waals surface area contributed by atoms with Crippen LogP contribution in [0.25, 0.3) is 11.0 Å². The maximum Gasteiger partial charge on any atom is 0.223 e. The first-order valence-corrected chi connectivity index (χ1v) is 8.39. The SMILES string of the molecule is Cc1ccccc1Oc1ncccc1CNCc1ccc2nonc2c1. The number of hydrogen-bond donors (Lipinski definition) is 1. The number of benzene rings is 2. The molecular formula is C20H18N4O2. The monoisotopic (exact) mass is 346 g/mol. The first-order chi connectivity index (χ1) is 12.8. The Bertz CT molecular complexity index is 1030. The van der Waals surface area contributed by atoms with Gasteiger partial charge < -0.3 is 10.1 Å². The molecule has 4 rings (SSSR count). The lowest BCUT2D eigenvalue weighted by Crippen LogP contribution is -2.13. The van der Waals surface area contributed by atoms with Gasteiger partial charge in [0.1, 0.15) is 16.8 Å². The van der Waals surface area contributed by atoms with Gasteiger partial charge in [-0.2, -0.15) is 0 Å². The minimum absolute atomic E-state index is 0.616. The van der Waals surface area contributed by atoms with Crippen molar-refractivity contribution in [3.8, 4) is 11.6 Å². The van der Waals surface area contributed by atoms with Crippen LogP contribution in [0, 0.1) is 6.92 Å². The summed E-state index contributed by atoms with van der Waals surface area (Å²) >= 11 is 0. The van der Waals surface area contributed by atoms with Gasteiger partial charge in [-0.3, -0.25) is 0 Å². The summed E-state index contributed by atoms with van der Waals surface area (Å²) in [5.74, 6) is 1.43. The number of hydrogen-bond acceptors (Lipinski definition) is 6. The highest BCUT2D eigenvalue weighted by Gasteiger charge is 2.08. The molecule has 6 heteroatoms. The zero-order chi connectivity index (χ0) is 17.8. The van der Waals surface area contributed by atoms with Crippen molar-refractivity contribution in [1.82, 2.24) is 20.6 Å². The lowest BCUT2D eigenvalue weighted by atomic mass is 10.2. The molecule has 130 valence electrons. The normalized spacial score (nSPS) is 11.0. The Labute approximate surface area is 150 Å². The molecule has 2 aromatic carbocycles. The highest BCUT2D eigenvalue weighted by Crippen LogP contribution is 2.25. The highest BCUT2D eigenvalue weighted by molar-refractivity contribution is 5.73. The first kappa shape index (κ1) is 16.2. The second-order valence-electron chi connectivity index (χ2n) is 6.03. The third-order valence-corrected chi connectivity index (χ3v) is 4.11. The number of rotatable bonds is 6. The predicted molar refractivity (Wildman–Crippen MR) is 97.8 cm³/mol. The Morgan fingerprint density at radius 2 is 1.85 bits per heavy atom. The molecule has 2 aromatic heterocycles. The molecule has 0 fully saturated rings. The van der Waals surface area contributed by atoms with Crippen LogP contribution < -0.4 is 10.1 Å². The van der Waals surface area contributed by atoms with Crippen LogP contribution in [0.3, 0.4) is 0 Å². The standard InChI is InChI=1S/C20H18N4O2/c1-14-5-2-3-7-19(14)25-20-16(6-4-10-22-20)13-21-12-15-8-9-17-18(11-15)24-26-23-17/h2-11,21H,12-13H2,1H3. The minimum Gasteiger partial charge on any atom is -0.438 e. The fraction of sp³-hybridized carbons (Fsp3) is 0.150. The van der Waals surface area contributed by atoms with E-state index in [1.54, 1.807) is 6.20 Å². The summed E-state index contributed by atoms with van der Waals surface area (Å²) in [5, 5.41) is 11.1. The molecule has 0 saturated carbocycles. The van der Waals surface area contributed by atoms with E-state index in [0.717, 1.165) is 33.5 Å². The van der Waals surface area contributed by atoms with Gasteiger partial charge in [0, 0.05) is 24.8 Å². The summed E-state index contributed by atoms with van der Waals surface area (Å²) in [7, 11) is 0. The lowest BCUT2D eigenvalue weighted by Gasteiger charge is -2.12. The van der Waals surface area contributed by atoms with Crippen LogP contribution in [0.15, 0.2) is 65.4 Å². The number of nitrogens with zero attached hydrogens (tertiary/aromatic N) is 3. The topological polar surface area (TPSA) is 73.1 Å². The van der Waals surface area contributed by atoms with Gasteiger partial charge in [0.15, 0.2) is 0 Å². The number of ether oxygens (including phenoxy) is 1. The van der Waals surface area contributed by atoms with Crippen molar-refractivity contribution in [2.45, 2.75) is 20.0 Å². The molecule has 1 N–H and O–H groups in total. The van der Waals surface area contributed by atoms with Crippen LogP contribution >= 0.6 is 0 Å². The zero-order valence-electron chi connectivity index (χ0n) is 14.3. The highest BCUT2D eigenvalue weighted by atomic mass is 16.6. The van der Waals surface area contributed by atoms with Crippen molar-refractivity contribution >= 4 is 11.0 Å². The van der Waals surface area contributed by atoms with Gasteiger partial charge in [-0.1, -0.05) is 30.3 Å². The van der Waals surface area contributed by atoms with E-state index < -0.39 is 0 Å². The Hall–Kier alpha value is -3.25. The smallest absolute Gasteiger partial charge is 0.223 e. The van der Waals surface area contributed by atoms with Gasteiger partial charge in [-0.15, -0.1) is 0 Å². The van der Waals surface area contributed by atoms with Gasteiger partial charge in [0.05, 0.1) is 0 Å². The fourth-order valence-corrected chi connectivity index (χ4v) is 2.70. The van der Waals surface area contributed by atoms with Gasteiger partial charge in [0.2, 0.25) is 5.88 Å². The molecule has 6 nitrogen and oxygen atoms in total. The molecule has 0 amide bonds. The minimum atomic E-state index is 0.616. The average Bonchev–Trinajstić information content (AvgIpc) is 3.13. The summed E-state index contributed by atoms with van der Waals surface area (Å²) in [4.78, 5) is 4.38. The summed E-state index contributed by atoms with van der Waals surface area (Å²) in [6, 6.07) is 17.7. The van der Waals surface area contributed by atoms with Crippen molar-refractivity contribution in [1.29, 1.82) is 0 Å². The molecule has 0 atom stereocenters. The van der Waals surface area contributed by atoms with Gasteiger partial charge >= 0.3 is 0 Å². The van der Waals surface area contributed by atoms with E-state index in [4.69, 9.17) is 9.37 Å². The summed E-state index contributed by atoms with van der Waals surface area (Å²) in [6.45, 7) is 3.36. The number of pyridine rings is 1. The van der Waals surface area contributed by atoms with Crippen molar-refractivity contribution in [3.05, 3.63) is 77.5 Å². The van der Waals surface area contributed by atoms with Crippen LogP contribution in [0.2, 0.25) is 0 Å². The Kier molecular flexibility index (Phi) is 4.57. The first-order valence-electron chi connectivity index (χ1n) is 8.39. The number of aromatic nitrogens is 3. The molecule has 0 unspecified atom stereocenters. The van der Waals surface area contributed by atoms with E-state index in [1.807, 2.05) is 61.5 Å². The fourth-order valence-electron chi connectivity index (χ4n) is 2.70. The molecule has 2 heterocycles. The van der Waals surface area contributed by atoms with Crippen LogP contribution in [-0.4, -0.2) is 15.3 Å². The van der Waals surface area contributed by atoms with Crippen LogP contribution in [0.1, 0.15) is 16.7 Å².